The van der Waals surface area contributed by atoms with E-state index in [1.54, 1.807) is 4.72 Å². The number of hydrogen-bond donors (Lipinski definition) is 2. The average molecular weight is 288 g/mol. The molecule has 9 heteroatoms. The number of carbonyl (C=O) groups is 2. The fraction of sp³-hybridized carbons (Fsp3) is 0.200. The highest BCUT2D eigenvalue weighted by atomic mass is 32.2. The topological polar surface area (TPSA) is 111 Å². The number of benzene rings is 1. The molecule has 0 aromatic heterocycles. The summed E-state index contributed by atoms with van der Waals surface area (Å²) < 4.78 is 35.4. The molecule has 0 aliphatic carbocycles. The number of para-hydroxylation sites is 1. The average Bonchev–Trinajstić information content (AvgIpc) is 2.37. The summed E-state index contributed by atoms with van der Waals surface area (Å²) in [6, 6.07) is 5.78. The Morgan fingerprint density at radius 3 is 2.32 bits per heavy atom. The summed E-state index contributed by atoms with van der Waals surface area (Å²) in [6.45, 7) is 0. The van der Waals surface area contributed by atoms with Gasteiger partial charge in [0.1, 0.15) is 0 Å². The maximum absolute atomic E-state index is 11.6. The Morgan fingerprint density at radius 2 is 1.74 bits per heavy atom. The van der Waals surface area contributed by atoms with Gasteiger partial charge in [0.05, 0.1) is 25.5 Å². The molecule has 0 saturated heterocycles. The van der Waals surface area contributed by atoms with Crippen molar-refractivity contribution in [2.45, 2.75) is 0 Å². The predicted octanol–water partition coefficient (Wildman–Crippen LogP) is 0.486. The summed E-state index contributed by atoms with van der Waals surface area (Å²) in [5.74, 6) is -0.712. The molecule has 1 amide bonds. The molecule has 0 heterocycles. The minimum Gasteiger partial charge on any atom is -0.465 e. The summed E-state index contributed by atoms with van der Waals surface area (Å²) >= 11 is 0. The van der Waals surface area contributed by atoms with Crippen LogP contribution >= 0.6 is 0 Å². The van der Waals surface area contributed by atoms with Gasteiger partial charge in [-0.25, -0.2) is 14.3 Å². The minimum absolute atomic E-state index is 0.0141. The van der Waals surface area contributed by atoms with E-state index in [1.165, 1.54) is 31.4 Å². The van der Waals surface area contributed by atoms with Crippen LogP contribution in [0.3, 0.4) is 0 Å². The van der Waals surface area contributed by atoms with E-state index < -0.39 is 22.3 Å². The molecule has 0 radical (unpaired) electrons. The van der Waals surface area contributed by atoms with Crippen LogP contribution in [0.15, 0.2) is 24.3 Å². The lowest BCUT2D eigenvalue weighted by Crippen LogP contribution is -2.35. The van der Waals surface area contributed by atoms with Crippen molar-refractivity contribution in [3.63, 3.8) is 0 Å². The highest BCUT2D eigenvalue weighted by Gasteiger charge is 2.18. The van der Waals surface area contributed by atoms with E-state index in [0.717, 1.165) is 7.11 Å². The van der Waals surface area contributed by atoms with Crippen molar-refractivity contribution in [1.29, 1.82) is 0 Å². The fourth-order valence-corrected chi connectivity index (χ4v) is 2.00. The third kappa shape index (κ3) is 4.14. The Balaban J connectivity index is 3.00. The Bertz CT molecular complexity index is 583. The maximum Gasteiger partial charge on any atom is 0.422 e. The van der Waals surface area contributed by atoms with E-state index in [2.05, 4.69) is 9.47 Å². The molecule has 104 valence electrons. The highest BCUT2D eigenvalue weighted by Crippen LogP contribution is 2.16. The lowest BCUT2D eigenvalue weighted by Gasteiger charge is -2.11. The second kappa shape index (κ2) is 6.05. The molecule has 1 aromatic carbocycles. The van der Waals surface area contributed by atoms with Crippen LogP contribution in [0, 0.1) is 0 Å². The van der Waals surface area contributed by atoms with Crippen LogP contribution in [-0.4, -0.2) is 34.7 Å². The van der Waals surface area contributed by atoms with Crippen molar-refractivity contribution in [3.8, 4) is 0 Å². The Hall–Kier alpha value is -2.29. The predicted molar refractivity (Wildman–Crippen MR) is 65.9 cm³/mol. The van der Waals surface area contributed by atoms with Crippen LogP contribution in [0.1, 0.15) is 10.4 Å². The smallest absolute Gasteiger partial charge is 0.422 e. The van der Waals surface area contributed by atoms with Crippen LogP contribution in [0.25, 0.3) is 0 Å². The van der Waals surface area contributed by atoms with Crippen LogP contribution in [0.5, 0.6) is 0 Å². The molecule has 0 aliphatic rings. The highest BCUT2D eigenvalue weighted by molar-refractivity contribution is 7.91. The van der Waals surface area contributed by atoms with E-state index in [1.807, 2.05) is 4.72 Å². The molecule has 0 saturated carbocycles. The van der Waals surface area contributed by atoms with Gasteiger partial charge in [0.15, 0.2) is 0 Å². The zero-order valence-corrected chi connectivity index (χ0v) is 11.0. The molecule has 0 unspecified atom stereocenters. The summed E-state index contributed by atoms with van der Waals surface area (Å²) in [5, 5.41) is 0. The number of nitrogens with one attached hydrogen (secondary N) is 2. The standard InChI is InChI=1S/C10H12N2O6S/c1-17-9(13)7-5-3-4-6-8(7)11-19(15,16)12-10(14)18-2/h3-6,11H,1-2H3,(H,12,14). The number of ether oxygens (including phenoxy) is 2. The van der Waals surface area contributed by atoms with E-state index in [4.69, 9.17) is 0 Å². The third-order valence-electron chi connectivity index (χ3n) is 1.98. The number of methoxy groups -OCH3 is 2. The SMILES string of the molecule is COC(=O)NS(=O)(=O)Nc1ccccc1C(=O)OC. The monoisotopic (exact) mass is 288 g/mol. The van der Waals surface area contributed by atoms with Crippen LogP contribution < -0.4 is 9.44 Å². The minimum atomic E-state index is -4.19. The van der Waals surface area contributed by atoms with Crippen molar-refractivity contribution >= 4 is 28.0 Å². The van der Waals surface area contributed by atoms with E-state index in [0.29, 0.717) is 0 Å². The number of esters is 1. The number of hydrogen-bond acceptors (Lipinski definition) is 6. The molecule has 1 aromatic rings. The molecule has 1 rings (SSSR count). The first-order valence-electron chi connectivity index (χ1n) is 4.95. The van der Waals surface area contributed by atoms with Gasteiger partial charge in [-0.1, -0.05) is 12.1 Å². The van der Waals surface area contributed by atoms with E-state index in [9.17, 15) is 18.0 Å². The summed E-state index contributed by atoms with van der Waals surface area (Å²) in [7, 11) is -2.00. The summed E-state index contributed by atoms with van der Waals surface area (Å²) in [5.41, 5.74) is -0.00834. The van der Waals surface area contributed by atoms with Gasteiger partial charge in [0.2, 0.25) is 0 Å². The molecule has 0 aliphatic heterocycles. The van der Waals surface area contributed by atoms with Crippen LogP contribution in [-0.2, 0) is 19.7 Å². The van der Waals surface area contributed by atoms with Crippen LogP contribution in [0.4, 0.5) is 10.5 Å². The molecule has 2 N–H and O–H groups in total. The molecule has 0 atom stereocenters. The molecule has 0 fully saturated rings. The van der Waals surface area contributed by atoms with Crippen molar-refractivity contribution in [3.05, 3.63) is 29.8 Å². The summed E-state index contributed by atoms with van der Waals surface area (Å²) in [6.07, 6.45) is -1.15. The number of rotatable bonds is 4. The normalized spacial score (nSPS) is 10.4. The van der Waals surface area contributed by atoms with Gasteiger partial charge in [-0.15, -0.1) is 0 Å². The van der Waals surface area contributed by atoms with Gasteiger partial charge in [0.25, 0.3) is 0 Å². The zero-order chi connectivity index (χ0) is 14.5. The van der Waals surface area contributed by atoms with E-state index >= 15 is 0 Å². The van der Waals surface area contributed by atoms with Gasteiger partial charge < -0.3 is 9.47 Å². The quantitative estimate of drug-likeness (QED) is 0.780. The molecule has 0 bridgehead atoms. The summed E-state index contributed by atoms with van der Waals surface area (Å²) in [4.78, 5) is 22.3. The van der Waals surface area contributed by atoms with Gasteiger partial charge in [-0.3, -0.25) is 4.72 Å². The molecule has 0 spiro atoms. The lowest BCUT2D eigenvalue weighted by molar-refractivity contribution is 0.0602. The van der Waals surface area contributed by atoms with Crippen LogP contribution in [0.2, 0.25) is 0 Å². The maximum atomic E-state index is 11.6. The largest absolute Gasteiger partial charge is 0.465 e. The fourth-order valence-electron chi connectivity index (χ4n) is 1.18. The first-order chi connectivity index (χ1) is 8.89. The molecule has 8 nitrogen and oxygen atoms in total. The van der Waals surface area contributed by atoms with Gasteiger partial charge in [-0.2, -0.15) is 8.42 Å². The third-order valence-corrected chi connectivity index (χ3v) is 2.90. The van der Waals surface area contributed by atoms with Crippen molar-refractivity contribution in [2.24, 2.45) is 0 Å². The Kier molecular flexibility index (Phi) is 4.70. The van der Waals surface area contributed by atoms with E-state index in [-0.39, 0.29) is 11.3 Å². The number of carbonyl (C=O) groups excluding carboxylic acids is 2. The first-order valence-corrected chi connectivity index (χ1v) is 6.44. The van der Waals surface area contributed by atoms with Crippen molar-refractivity contribution in [1.82, 2.24) is 4.72 Å². The number of anilines is 1. The van der Waals surface area contributed by atoms with Crippen molar-refractivity contribution < 1.29 is 27.5 Å². The second-order valence-corrected chi connectivity index (χ2v) is 4.65. The van der Waals surface area contributed by atoms with Gasteiger partial charge in [-0.05, 0) is 12.1 Å². The molecule has 19 heavy (non-hydrogen) atoms. The molecular weight excluding hydrogens is 276 g/mol. The molecular formula is C10H12N2O6S. The lowest BCUT2D eigenvalue weighted by atomic mass is 10.2. The van der Waals surface area contributed by atoms with Crippen molar-refractivity contribution in [2.75, 3.05) is 18.9 Å². The second-order valence-electron chi connectivity index (χ2n) is 3.24. The first kappa shape index (κ1) is 14.8. The Morgan fingerprint density at radius 1 is 1.11 bits per heavy atom. The van der Waals surface area contributed by atoms with Gasteiger partial charge in [0, 0.05) is 0 Å². The zero-order valence-electron chi connectivity index (χ0n) is 10.2. The Labute approximate surface area is 109 Å². The van der Waals surface area contributed by atoms with Gasteiger partial charge >= 0.3 is 22.3 Å². The number of amides is 1.